The predicted molar refractivity (Wildman–Crippen MR) is 150 cm³/mol. The Morgan fingerprint density at radius 2 is 2.05 bits per heavy atom. The molecule has 2 atom stereocenters. The molecule has 0 spiro atoms. The molecule has 10 heteroatoms. The number of aryl methyl sites for hydroxylation is 3. The number of nitrogens with one attached hydrogen (secondary N) is 1. The molecule has 1 aromatic carbocycles. The average molecular weight is 556 g/mol. The Bertz CT molecular complexity index is 1280. The van der Waals surface area contributed by atoms with E-state index in [-0.39, 0.29) is 6.61 Å². The number of aromatic nitrogens is 3. The smallest absolute Gasteiger partial charge is 0.161 e. The van der Waals surface area contributed by atoms with Crippen molar-refractivity contribution in [2.75, 3.05) is 40.0 Å². The van der Waals surface area contributed by atoms with E-state index in [2.05, 4.69) is 22.3 Å². The number of hydrogen-bond acceptors (Lipinski definition) is 9. The first kappa shape index (κ1) is 28.0. The zero-order valence-corrected chi connectivity index (χ0v) is 23.9. The fourth-order valence-corrected chi connectivity index (χ4v) is 5.55. The van der Waals surface area contributed by atoms with Crippen molar-refractivity contribution >= 4 is 11.6 Å². The lowest BCUT2D eigenvalue weighted by molar-refractivity contribution is -0.0145. The van der Waals surface area contributed by atoms with E-state index in [1.165, 1.54) is 12.8 Å². The fraction of sp³-hybridized carbons (Fsp3) is 0.552. The average Bonchev–Trinajstić information content (AvgIpc) is 3.72. The molecule has 2 fully saturated rings. The molecule has 0 radical (unpaired) electrons. The molecule has 2 aromatic heterocycles. The number of aliphatic hydroxyl groups excluding tert-OH is 1. The van der Waals surface area contributed by atoms with Gasteiger partial charge in [0.2, 0.25) is 0 Å². The van der Waals surface area contributed by atoms with Crippen LogP contribution in [0.1, 0.15) is 42.0 Å². The summed E-state index contributed by atoms with van der Waals surface area (Å²) in [5.74, 6) is 1.83. The Balaban J connectivity index is 1.49. The van der Waals surface area contributed by atoms with Gasteiger partial charge in [-0.15, -0.1) is 0 Å². The van der Waals surface area contributed by atoms with Crippen LogP contribution in [0.2, 0.25) is 5.02 Å². The number of aliphatic hydroxyl groups is 1. The number of ether oxygens (including phenoxy) is 2. The maximum Gasteiger partial charge on any atom is 0.161 e. The standard InChI is InChI=1S/C29H38ClN5O4/c1-17-26(10-7-21-15-37-12-11-35(21)20-5-6-20)32-29(33-28(17)27-18(2)34-39-19(27)3)24-13-23(8-9-25(24)30)38-16-22(36)14-31-4/h8-9,13,20-22,31,36H,5-7,10-12,14-16H2,1-4H3/t21-,22?/m0/s1. The van der Waals surface area contributed by atoms with Crippen LogP contribution in [0, 0.1) is 20.8 Å². The maximum atomic E-state index is 10.1. The molecule has 1 aliphatic carbocycles. The Morgan fingerprint density at radius 1 is 1.23 bits per heavy atom. The van der Waals surface area contributed by atoms with Gasteiger partial charge in [0.1, 0.15) is 24.2 Å². The predicted octanol–water partition coefficient (Wildman–Crippen LogP) is 4.13. The van der Waals surface area contributed by atoms with E-state index in [9.17, 15) is 5.11 Å². The molecule has 1 saturated carbocycles. The normalized spacial score (nSPS) is 18.9. The largest absolute Gasteiger partial charge is 0.491 e. The van der Waals surface area contributed by atoms with Crippen LogP contribution in [-0.4, -0.2) is 83.3 Å². The van der Waals surface area contributed by atoms with Crippen LogP contribution in [0.3, 0.4) is 0 Å². The summed E-state index contributed by atoms with van der Waals surface area (Å²) < 4.78 is 17.2. The minimum absolute atomic E-state index is 0.160. The first-order valence-electron chi connectivity index (χ1n) is 13.7. The van der Waals surface area contributed by atoms with Crippen molar-refractivity contribution in [3.05, 3.63) is 45.9 Å². The Labute approximate surface area is 234 Å². The van der Waals surface area contributed by atoms with Crippen LogP contribution >= 0.6 is 11.6 Å². The number of benzene rings is 1. The van der Waals surface area contributed by atoms with Crippen molar-refractivity contribution in [2.45, 2.75) is 64.6 Å². The summed E-state index contributed by atoms with van der Waals surface area (Å²) in [6.45, 7) is 9.07. The summed E-state index contributed by atoms with van der Waals surface area (Å²) in [5.41, 5.74) is 5.14. The SMILES string of the molecule is CNCC(O)COc1ccc(Cl)c(-c2nc(CC[C@H]3COCCN3C3CC3)c(C)c(-c3c(C)noc3C)n2)c1. The molecular formula is C29H38ClN5O4. The molecule has 210 valence electrons. The highest BCUT2D eigenvalue weighted by atomic mass is 35.5. The lowest BCUT2D eigenvalue weighted by atomic mass is 9.99. The van der Waals surface area contributed by atoms with Gasteiger partial charge in [0, 0.05) is 36.4 Å². The molecule has 1 saturated heterocycles. The summed E-state index contributed by atoms with van der Waals surface area (Å²) in [6, 6.07) is 6.49. The van der Waals surface area contributed by atoms with Crippen LogP contribution in [0.25, 0.3) is 22.6 Å². The van der Waals surface area contributed by atoms with Crippen molar-refractivity contribution in [3.8, 4) is 28.4 Å². The third kappa shape index (κ3) is 6.44. The van der Waals surface area contributed by atoms with Gasteiger partial charge in [-0.2, -0.15) is 0 Å². The minimum atomic E-state index is -0.624. The second-order valence-corrected chi connectivity index (χ2v) is 11.0. The molecule has 9 nitrogen and oxygen atoms in total. The summed E-state index contributed by atoms with van der Waals surface area (Å²) in [7, 11) is 1.79. The third-order valence-corrected chi connectivity index (χ3v) is 7.91. The van der Waals surface area contributed by atoms with Crippen molar-refractivity contribution < 1.29 is 19.1 Å². The highest BCUT2D eigenvalue weighted by molar-refractivity contribution is 6.33. The fourth-order valence-electron chi connectivity index (χ4n) is 5.35. The van der Waals surface area contributed by atoms with Gasteiger partial charge in [-0.1, -0.05) is 16.8 Å². The summed E-state index contributed by atoms with van der Waals surface area (Å²) in [5, 5.41) is 17.7. The van der Waals surface area contributed by atoms with Gasteiger partial charge in [-0.3, -0.25) is 4.90 Å². The molecule has 5 rings (SSSR count). The van der Waals surface area contributed by atoms with Gasteiger partial charge in [-0.05, 0) is 77.3 Å². The first-order valence-corrected chi connectivity index (χ1v) is 14.1. The van der Waals surface area contributed by atoms with E-state index in [1.54, 1.807) is 19.2 Å². The second-order valence-electron chi connectivity index (χ2n) is 10.6. The van der Waals surface area contributed by atoms with E-state index >= 15 is 0 Å². The van der Waals surface area contributed by atoms with E-state index in [0.717, 1.165) is 60.8 Å². The van der Waals surface area contributed by atoms with Crippen LogP contribution in [0.15, 0.2) is 22.7 Å². The van der Waals surface area contributed by atoms with Crippen LogP contribution in [-0.2, 0) is 11.2 Å². The third-order valence-electron chi connectivity index (χ3n) is 7.58. The molecule has 1 unspecified atom stereocenters. The number of rotatable bonds is 11. The van der Waals surface area contributed by atoms with Crippen molar-refractivity contribution in [3.63, 3.8) is 0 Å². The molecule has 0 amide bonds. The van der Waals surface area contributed by atoms with Crippen LogP contribution in [0.4, 0.5) is 0 Å². The lowest BCUT2D eigenvalue weighted by Crippen LogP contribution is -2.46. The molecule has 1 aliphatic heterocycles. The summed E-state index contributed by atoms with van der Waals surface area (Å²) >= 11 is 6.69. The van der Waals surface area contributed by atoms with E-state index in [1.807, 2.05) is 19.9 Å². The van der Waals surface area contributed by atoms with Crippen molar-refractivity contribution in [2.24, 2.45) is 0 Å². The van der Waals surface area contributed by atoms with E-state index in [0.29, 0.717) is 46.5 Å². The van der Waals surface area contributed by atoms with Crippen molar-refractivity contribution in [1.82, 2.24) is 25.3 Å². The Morgan fingerprint density at radius 3 is 2.77 bits per heavy atom. The first-order chi connectivity index (χ1) is 18.9. The van der Waals surface area contributed by atoms with Gasteiger partial charge >= 0.3 is 0 Å². The van der Waals surface area contributed by atoms with Gasteiger partial charge in [0.05, 0.1) is 35.2 Å². The van der Waals surface area contributed by atoms with Crippen LogP contribution in [0.5, 0.6) is 5.75 Å². The summed E-state index contributed by atoms with van der Waals surface area (Å²) in [4.78, 5) is 12.7. The van der Waals surface area contributed by atoms with E-state index in [4.69, 9.17) is 35.6 Å². The maximum absolute atomic E-state index is 10.1. The number of hydrogen-bond donors (Lipinski definition) is 2. The highest BCUT2D eigenvalue weighted by Gasteiger charge is 2.35. The Hall–Kier alpha value is -2.56. The number of halogens is 1. The van der Waals surface area contributed by atoms with E-state index < -0.39 is 6.10 Å². The van der Waals surface area contributed by atoms with Crippen LogP contribution < -0.4 is 10.1 Å². The topological polar surface area (TPSA) is 106 Å². The van der Waals surface area contributed by atoms with Gasteiger partial charge in [0.25, 0.3) is 0 Å². The zero-order valence-electron chi connectivity index (χ0n) is 23.2. The molecule has 3 heterocycles. The molecule has 2 N–H and O–H groups in total. The van der Waals surface area contributed by atoms with Gasteiger partial charge in [0.15, 0.2) is 5.82 Å². The monoisotopic (exact) mass is 555 g/mol. The summed E-state index contributed by atoms with van der Waals surface area (Å²) in [6.07, 6.45) is 3.69. The lowest BCUT2D eigenvalue weighted by Gasteiger charge is -2.35. The molecular weight excluding hydrogens is 518 g/mol. The highest BCUT2D eigenvalue weighted by Crippen LogP contribution is 2.36. The Kier molecular flexibility index (Phi) is 8.83. The zero-order chi connectivity index (χ0) is 27.5. The molecule has 39 heavy (non-hydrogen) atoms. The molecule has 3 aromatic rings. The second kappa shape index (κ2) is 12.3. The minimum Gasteiger partial charge on any atom is -0.491 e. The van der Waals surface area contributed by atoms with Gasteiger partial charge in [-0.25, -0.2) is 9.97 Å². The number of likely N-dealkylation sites (N-methyl/N-ethyl adjacent to an activating group) is 1. The van der Waals surface area contributed by atoms with Gasteiger partial charge < -0.3 is 24.4 Å². The molecule has 0 bridgehead atoms. The molecule has 2 aliphatic rings. The number of nitrogens with zero attached hydrogens (tertiary/aromatic N) is 4. The quantitative estimate of drug-likeness (QED) is 0.361. The number of morpholine rings is 1. The van der Waals surface area contributed by atoms with Crippen molar-refractivity contribution in [1.29, 1.82) is 0 Å².